The van der Waals surface area contributed by atoms with E-state index in [1.54, 1.807) is 0 Å². The molecule has 0 rings (SSSR count). The monoisotopic (exact) mass is 275 g/mol. The molecule has 0 unspecified atom stereocenters. The van der Waals surface area contributed by atoms with Crippen LogP contribution in [0.15, 0.2) is 0 Å². The van der Waals surface area contributed by atoms with E-state index in [9.17, 15) is 24.8 Å². The summed E-state index contributed by atoms with van der Waals surface area (Å²) in [6.45, 7) is 0. The van der Waals surface area contributed by atoms with Crippen molar-refractivity contribution in [2.75, 3.05) is 0 Å². The molecule has 9 heteroatoms. The van der Waals surface area contributed by atoms with E-state index in [2.05, 4.69) is 0 Å². The molecule has 7 N–H and O–H groups in total. The van der Waals surface area contributed by atoms with Gasteiger partial charge in [-0.3, -0.25) is 19.6 Å². The van der Waals surface area contributed by atoms with Crippen LogP contribution >= 0.6 is 0 Å². The summed E-state index contributed by atoms with van der Waals surface area (Å²) < 4.78 is 0. The van der Waals surface area contributed by atoms with E-state index >= 15 is 0 Å². The maximum Gasteiger partial charge on any atom is 0.217 e. The Balaban J connectivity index is 4.91. The lowest BCUT2D eigenvalue weighted by Gasteiger charge is -2.44. The molecule has 0 aliphatic heterocycles. The summed E-state index contributed by atoms with van der Waals surface area (Å²) in [6, 6.07) is 0. The molecule has 0 radical (unpaired) electrons. The van der Waals surface area contributed by atoms with Crippen LogP contribution in [0.4, 0.5) is 0 Å². The lowest BCUT2D eigenvalue weighted by Crippen LogP contribution is -2.45. The van der Waals surface area contributed by atoms with Gasteiger partial charge in [0, 0.05) is 24.8 Å². The first-order chi connectivity index (χ1) is 8.69. The summed E-state index contributed by atoms with van der Waals surface area (Å²) in [6.07, 6.45) is -0.793. The molecule has 0 aliphatic carbocycles. The number of carbonyl (C=O) groups excluding carboxylic acids is 3. The standard InChI is InChI=1S/C10H19N4O5/c11-7(15)1-4-10(14(18)19,5-2-8(12)16)6-3-9(13)17/h18H,1-6H2,(H2,11,15)(H2,12,16)(H2,13,17)/q-1. The highest BCUT2D eigenvalue weighted by molar-refractivity contribution is 5.75. The smallest absolute Gasteiger partial charge is 0.217 e. The number of hydroxylamine groups is 2. The molecule has 0 aromatic carbocycles. The molecular weight excluding hydrogens is 256 g/mol. The fourth-order valence-electron chi connectivity index (χ4n) is 1.73. The van der Waals surface area contributed by atoms with Crippen LogP contribution in [-0.2, 0) is 14.4 Å². The third-order valence-electron chi connectivity index (χ3n) is 2.92. The predicted molar refractivity (Wildman–Crippen MR) is 65.0 cm³/mol. The molecule has 0 saturated carbocycles. The van der Waals surface area contributed by atoms with Crippen LogP contribution in [0.3, 0.4) is 0 Å². The minimum absolute atomic E-state index is 0.0944. The molecule has 0 heterocycles. The zero-order valence-corrected chi connectivity index (χ0v) is 10.5. The molecular formula is C10H19N4O5-. The van der Waals surface area contributed by atoms with E-state index in [1.807, 2.05) is 0 Å². The van der Waals surface area contributed by atoms with Gasteiger partial charge in [0.15, 0.2) is 0 Å². The molecule has 0 aromatic heterocycles. The van der Waals surface area contributed by atoms with Crippen LogP contribution in [0, 0.1) is 5.21 Å². The number of rotatable bonds is 10. The van der Waals surface area contributed by atoms with Crippen molar-refractivity contribution in [3.63, 3.8) is 0 Å². The van der Waals surface area contributed by atoms with Crippen molar-refractivity contribution in [2.24, 2.45) is 17.2 Å². The van der Waals surface area contributed by atoms with Crippen molar-refractivity contribution < 1.29 is 19.6 Å². The molecule has 0 spiro atoms. The average Bonchev–Trinajstić information content (AvgIpc) is 2.27. The van der Waals surface area contributed by atoms with E-state index in [1.165, 1.54) is 0 Å². The zero-order valence-electron chi connectivity index (χ0n) is 10.5. The van der Waals surface area contributed by atoms with Crippen molar-refractivity contribution in [1.29, 1.82) is 0 Å². The van der Waals surface area contributed by atoms with Crippen LogP contribution in [0.5, 0.6) is 0 Å². The minimum Gasteiger partial charge on any atom is -0.762 e. The first-order valence-electron chi connectivity index (χ1n) is 5.71. The van der Waals surface area contributed by atoms with Crippen LogP contribution in [-0.4, -0.2) is 33.7 Å². The Hall–Kier alpha value is -1.71. The summed E-state index contributed by atoms with van der Waals surface area (Å²) >= 11 is 0. The molecule has 9 nitrogen and oxygen atoms in total. The Morgan fingerprint density at radius 1 is 0.895 bits per heavy atom. The number of amides is 3. The molecule has 19 heavy (non-hydrogen) atoms. The number of primary amides is 3. The second-order valence-electron chi connectivity index (χ2n) is 4.40. The lowest BCUT2D eigenvalue weighted by molar-refractivity contribution is -0.148. The molecule has 0 fully saturated rings. The van der Waals surface area contributed by atoms with Crippen molar-refractivity contribution in [2.45, 2.75) is 44.1 Å². The van der Waals surface area contributed by atoms with E-state index in [4.69, 9.17) is 17.2 Å². The maximum atomic E-state index is 11.3. The largest absolute Gasteiger partial charge is 0.762 e. The van der Waals surface area contributed by atoms with Gasteiger partial charge in [-0.05, 0) is 19.3 Å². The second kappa shape index (κ2) is 7.67. The van der Waals surface area contributed by atoms with E-state index < -0.39 is 23.3 Å². The fourth-order valence-corrected chi connectivity index (χ4v) is 1.73. The molecule has 0 saturated heterocycles. The van der Waals surface area contributed by atoms with Crippen LogP contribution in [0.2, 0.25) is 0 Å². The Bertz CT molecular complexity index is 299. The summed E-state index contributed by atoms with van der Waals surface area (Å²) in [4.78, 5) is 32.3. The Labute approximate surface area is 110 Å². The lowest BCUT2D eigenvalue weighted by atomic mass is 9.84. The van der Waals surface area contributed by atoms with Gasteiger partial charge in [-0.25, -0.2) is 0 Å². The summed E-state index contributed by atoms with van der Waals surface area (Å²) in [5.41, 5.74) is 13.5. The van der Waals surface area contributed by atoms with Gasteiger partial charge in [0.25, 0.3) is 0 Å². The first-order valence-corrected chi connectivity index (χ1v) is 5.71. The van der Waals surface area contributed by atoms with E-state index in [0.717, 1.165) is 0 Å². The normalized spacial score (nSPS) is 11.5. The van der Waals surface area contributed by atoms with Gasteiger partial charge in [0.1, 0.15) is 0 Å². The van der Waals surface area contributed by atoms with Crippen molar-refractivity contribution in [3.05, 3.63) is 5.21 Å². The molecule has 110 valence electrons. The Morgan fingerprint density at radius 3 is 1.32 bits per heavy atom. The van der Waals surface area contributed by atoms with Crippen LogP contribution in [0.25, 0.3) is 0 Å². The molecule has 3 amide bonds. The summed E-state index contributed by atoms with van der Waals surface area (Å²) in [5.74, 6) is -1.99. The van der Waals surface area contributed by atoms with Gasteiger partial charge in [0.2, 0.25) is 17.7 Å². The Kier molecular flexibility index (Phi) is 6.98. The van der Waals surface area contributed by atoms with Crippen molar-refractivity contribution in [3.8, 4) is 0 Å². The number of nitrogens with two attached hydrogens (primary N) is 3. The zero-order chi connectivity index (χ0) is 15.1. The van der Waals surface area contributed by atoms with Crippen molar-refractivity contribution >= 4 is 17.7 Å². The molecule has 0 bridgehead atoms. The first kappa shape index (κ1) is 17.3. The van der Waals surface area contributed by atoms with Crippen LogP contribution in [0.1, 0.15) is 38.5 Å². The predicted octanol–water partition coefficient (Wildman–Crippen LogP) is -1.29. The third kappa shape index (κ3) is 6.70. The summed E-state index contributed by atoms with van der Waals surface area (Å²) in [5, 5.41) is 20.2. The van der Waals surface area contributed by atoms with E-state index in [0.29, 0.717) is 0 Å². The van der Waals surface area contributed by atoms with Gasteiger partial charge < -0.3 is 27.6 Å². The molecule has 0 aromatic rings. The average molecular weight is 275 g/mol. The number of carbonyl (C=O) groups is 3. The van der Waals surface area contributed by atoms with Gasteiger partial charge in [-0.1, -0.05) is 0 Å². The number of hydrogen-bond acceptors (Lipinski definition) is 6. The fraction of sp³-hybridized carbons (Fsp3) is 0.700. The molecule has 0 atom stereocenters. The number of hydrogen-bond donors (Lipinski definition) is 4. The highest BCUT2D eigenvalue weighted by Gasteiger charge is 2.32. The summed E-state index contributed by atoms with van der Waals surface area (Å²) in [7, 11) is 0. The van der Waals surface area contributed by atoms with Crippen LogP contribution < -0.4 is 17.2 Å². The van der Waals surface area contributed by atoms with Crippen molar-refractivity contribution in [1.82, 2.24) is 5.23 Å². The third-order valence-corrected chi connectivity index (χ3v) is 2.92. The van der Waals surface area contributed by atoms with Gasteiger partial charge in [-0.2, -0.15) is 0 Å². The SMILES string of the molecule is NC(=O)CCC(CCC(N)=O)(CCC(N)=O)N([O-])O. The Morgan fingerprint density at radius 2 is 1.16 bits per heavy atom. The highest BCUT2D eigenvalue weighted by atomic mass is 16.8. The number of nitrogens with zero attached hydrogens (tertiary/aromatic N) is 1. The van der Waals surface area contributed by atoms with Gasteiger partial charge >= 0.3 is 0 Å². The van der Waals surface area contributed by atoms with Gasteiger partial charge in [-0.15, -0.1) is 0 Å². The maximum absolute atomic E-state index is 11.3. The highest BCUT2D eigenvalue weighted by Crippen LogP contribution is 2.30. The van der Waals surface area contributed by atoms with Gasteiger partial charge in [0.05, 0.1) is 0 Å². The second-order valence-corrected chi connectivity index (χ2v) is 4.40. The quantitative estimate of drug-likeness (QED) is 0.360. The van der Waals surface area contributed by atoms with E-state index in [-0.39, 0.29) is 43.8 Å². The topological polar surface area (TPSA) is 176 Å². The minimum atomic E-state index is -1.47. The molecule has 0 aliphatic rings.